The van der Waals surface area contributed by atoms with E-state index in [2.05, 4.69) is 55.4 Å². The summed E-state index contributed by atoms with van der Waals surface area (Å²) in [6, 6.07) is 0. The topological polar surface area (TPSA) is 29.5 Å². The minimum Gasteiger partial charge on any atom is -0.393 e. The van der Waals surface area contributed by atoms with Crippen molar-refractivity contribution < 1.29 is 53.9 Å². The minimum absolute atomic E-state index is 0. The molecule has 1 aliphatic heterocycles. The van der Waals surface area contributed by atoms with E-state index in [0.29, 0.717) is 29.8 Å². The van der Waals surface area contributed by atoms with Gasteiger partial charge in [-0.25, -0.2) is 0 Å². The molecule has 9 unspecified atom stereocenters. The van der Waals surface area contributed by atoms with Crippen molar-refractivity contribution in [2.45, 2.75) is 144 Å². The Bertz CT molecular complexity index is 509. The SMILES string of the molecule is CC(C)CCCC(C)CCCC(C)CCCC1(C)CCC2C(C)C(O)C(C)C(C)C2O1.[Ac]. The summed E-state index contributed by atoms with van der Waals surface area (Å²) in [6.45, 7) is 18.7. The van der Waals surface area contributed by atoms with Crippen LogP contribution in [0.4, 0.5) is 0 Å². The summed E-state index contributed by atoms with van der Waals surface area (Å²) in [5.74, 6) is 4.29. The Hall–Kier alpha value is 1.36. The Morgan fingerprint density at radius 3 is 1.91 bits per heavy atom. The largest absolute Gasteiger partial charge is 0.393 e. The van der Waals surface area contributed by atoms with E-state index in [0.717, 1.165) is 24.2 Å². The number of aliphatic hydroxyl groups excluding tert-OH is 1. The third-order valence-corrected chi connectivity index (χ3v) is 9.22. The molecule has 2 rings (SSSR count). The average Bonchev–Trinajstić information content (AvgIpc) is 2.70. The molecule has 0 spiro atoms. The summed E-state index contributed by atoms with van der Waals surface area (Å²) in [5.41, 5.74) is 0.0435. The molecule has 1 N–H and O–H groups in total. The van der Waals surface area contributed by atoms with Crippen LogP contribution >= 0.6 is 0 Å². The second-order valence-electron chi connectivity index (χ2n) is 12.7. The van der Waals surface area contributed by atoms with Crippen LogP contribution < -0.4 is 0 Å². The Labute approximate surface area is 237 Å². The van der Waals surface area contributed by atoms with Crippen LogP contribution in [0.25, 0.3) is 0 Å². The Morgan fingerprint density at radius 2 is 1.34 bits per heavy atom. The van der Waals surface area contributed by atoms with Crippen molar-refractivity contribution in [3.63, 3.8) is 0 Å². The second-order valence-corrected chi connectivity index (χ2v) is 12.7. The van der Waals surface area contributed by atoms with Gasteiger partial charge in [0.1, 0.15) is 0 Å². The zero-order valence-corrected chi connectivity index (χ0v) is 27.7. The van der Waals surface area contributed by atoms with Crippen LogP contribution in [-0.4, -0.2) is 22.9 Å². The van der Waals surface area contributed by atoms with E-state index in [4.69, 9.17) is 4.74 Å². The summed E-state index contributed by atoms with van der Waals surface area (Å²) in [7, 11) is 0. The first-order valence-corrected chi connectivity index (χ1v) is 13.9. The molecule has 2 fully saturated rings. The van der Waals surface area contributed by atoms with E-state index in [9.17, 15) is 5.11 Å². The predicted molar refractivity (Wildman–Crippen MR) is 134 cm³/mol. The number of hydrogen-bond donors (Lipinski definition) is 1. The molecule has 0 amide bonds. The molecule has 2 aliphatic rings. The Kier molecular flexibility index (Phi) is 14.5. The fourth-order valence-electron chi connectivity index (χ4n) is 6.50. The summed E-state index contributed by atoms with van der Waals surface area (Å²) in [6.07, 6.45) is 14.8. The molecule has 187 valence electrons. The minimum atomic E-state index is -0.164. The van der Waals surface area contributed by atoms with E-state index < -0.39 is 0 Å². The molecule has 0 aromatic carbocycles. The smallest absolute Gasteiger partial charge is 0.0658 e. The molecule has 0 bridgehead atoms. The maximum Gasteiger partial charge on any atom is 0.0658 e. The predicted octanol–water partition coefficient (Wildman–Crippen LogP) is 8.26. The molecule has 1 saturated heterocycles. The van der Waals surface area contributed by atoms with Crippen molar-refractivity contribution in [2.75, 3.05) is 0 Å². The third kappa shape index (κ3) is 9.43. The van der Waals surface area contributed by atoms with Gasteiger partial charge in [-0.3, -0.25) is 0 Å². The summed E-state index contributed by atoms with van der Waals surface area (Å²) in [5, 5.41) is 10.6. The van der Waals surface area contributed by atoms with Crippen LogP contribution in [-0.2, 0) is 4.74 Å². The maximum atomic E-state index is 10.6. The number of ether oxygens (including phenoxy) is 1. The van der Waals surface area contributed by atoms with E-state index in [1.54, 1.807) is 0 Å². The molecule has 1 radical (unpaired) electrons. The quantitative estimate of drug-likeness (QED) is 0.228. The van der Waals surface area contributed by atoms with Crippen LogP contribution in [0.2, 0.25) is 0 Å². The van der Waals surface area contributed by atoms with Gasteiger partial charge in [0.25, 0.3) is 0 Å². The van der Waals surface area contributed by atoms with Crippen molar-refractivity contribution in [2.24, 2.45) is 41.4 Å². The number of hydrogen-bond acceptors (Lipinski definition) is 2. The standard InChI is InChI=1S/C29H56O2.Ac/c1-20(2)12-9-13-21(3)14-10-15-22(4)16-11-18-29(8)19-17-26-25(7)27(30)23(5)24(6)28(26)31-29;/h20-28,30H,9-19H2,1-8H3;. The molecule has 9 atom stereocenters. The van der Waals surface area contributed by atoms with E-state index in [1.165, 1.54) is 64.2 Å². The monoisotopic (exact) mass is 663 g/mol. The third-order valence-electron chi connectivity index (χ3n) is 9.22. The zero-order chi connectivity index (χ0) is 23.2. The zero-order valence-electron chi connectivity index (χ0n) is 22.9. The average molecular weight is 664 g/mol. The molecule has 0 aromatic heterocycles. The van der Waals surface area contributed by atoms with E-state index in [-0.39, 0.29) is 55.8 Å². The van der Waals surface area contributed by atoms with Crippen molar-refractivity contribution in [1.82, 2.24) is 0 Å². The molecule has 2 nitrogen and oxygen atoms in total. The first-order chi connectivity index (χ1) is 14.5. The van der Waals surface area contributed by atoms with E-state index >= 15 is 0 Å². The van der Waals surface area contributed by atoms with Gasteiger partial charge >= 0.3 is 0 Å². The second kappa shape index (κ2) is 14.8. The normalized spacial score (nSPS) is 36.9. The van der Waals surface area contributed by atoms with Gasteiger partial charge in [-0.2, -0.15) is 0 Å². The van der Waals surface area contributed by atoms with Gasteiger partial charge < -0.3 is 9.84 Å². The van der Waals surface area contributed by atoms with Crippen LogP contribution in [0.15, 0.2) is 0 Å². The summed E-state index contributed by atoms with van der Waals surface area (Å²) in [4.78, 5) is 0. The molecular formula is C29H56AcO2. The van der Waals surface area contributed by atoms with Gasteiger partial charge in [-0.1, -0.05) is 99.8 Å². The molecule has 1 heterocycles. The molecule has 1 saturated carbocycles. The van der Waals surface area contributed by atoms with Crippen molar-refractivity contribution in [3.8, 4) is 0 Å². The van der Waals surface area contributed by atoms with Crippen LogP contribution in [0, 0.1) is 85.5 Å². The molecule has 1 aliphatic carbocycles. The van der Waals surface area contributed by atoms with Gasteiger partial charge in [-0.05, 0) is 67.6 Å². The Balaban J connectivity index is 0.00000512. The summed E-state index contributed by atoms with van der Waals surface area (Å²) >= 11 is 0. The Morgan fingerprint density at radius 1 is 0.812 bits per heavy atom. The van der Waals surface area contributed by atoms with Gasteiger partial charge in [-0.15, -0.1) is 0 Å². The first kappa shape index (κ1) is 31.4. The summed E-state index contributed by atoms with van der Waals surface area (Å²) < 4.78 is 6.82. The van der Waals surface area contributed by atoms with E-state index in [1.807, 2.05) is 0 Å². The molecule has 0 aromatic rings. The molecule has 3 heteroatoms. The maximum absolute atomic E-state index is 10.6. The van der Waals surface area contributed by atoms with Gasteiger partial charge in [0.2, 0.25) is 0 Å². The van der Waals surface area contributed by atoms with Gasteiger partial charge in [0.05, 0.1) is 17.8 Å². The fourth-order valence-corrected chi connectivity index (χ4v) is 6.50. The number of fused-ring (bicyclic) bond motifs is 1. The van der Waals surface area contributed by atoms with Crippen LogP contribution in [0.1, 0.15) is 126 Å². The van der Waals surface area contributed by atoms with Crippen molar-refractivity contribution in [1.29, 1.82) is 0 Å². The number of aliphatic hydroxyl groups is 1. The van der Waals surface area contributed by atoms with Crippen molar-refractivity contribution >= 4 is 0 Å². The fraction of sp³-hybridized carbons (Fsp3) is 1.00. The number of rotatable bonds is 12. The van der Waals surface area contributed by atoms with Gasteiger partial charge in [0.15, 0.2) is 0 Å². The van der Waals surface area contributed by atoms with Crippen LogP contribution in [0.3, 0.4) is 0 Å². The molecular weight excluding hydrogens is 607 g/mol. The molecule has 32 heavy (non-hydrogen) atoms. The van der Waals surface area contributed by atoms with Crippen molar-refractivity contribution in [3.05, 3.63) is 0 Å². The van der Waals surface area contributed by atoms with Gasteiger partial charge in [0, 0.05) is 44.1 Å². The van der Waals surface area contributed by atoms with Crippen LogP contribution in [0.5, 0.6) is 0 Å². The first-order valence-electron chi connectivity index (χ1n) is 13.9.